The molecule has 8 heteroatoms. The molecule has 0 fully saturated rings. The third-order valence-electron chi connectivity index (χ3n) is 5.30. The van der Waals surface area contributed by atoms with Crippen LogP contribution in [0.3, 0.4) is 0 Å². The number of nitrogens with zero attached hydrogens (tertiary/aromatic N) is 4. The van der Waals surface area contributed by atoms with Crippen LogP contribution >= 0.6 is 0 Å². The van der Waals surface area contributed by atoms with Gasteiger partial charge < -0.3 is 9.88 Å². The maximum atomic E-state index is 12.8. The minimum atomic E-state index is -0.357. The number of benzene rings is 2. The van der Waals surface area contributed by atoms with Crippen LogP contribution in [0.25, 0.3) is 11.4 Å². The van der Waals surface area contributed by atoms with E-state index in [1.807, 2.05) is 36.6 Å². The number of carbonyl (C=O) groups excluding carboxylic acids is 3. The Labute approximate surface area is 179 Å². The molecule has 0 radical (unpaired) electrons. The van der Waals surface area contributed by atoms with Crippen LogP contribution in [-0.4, -0.2) is 43.9 Å². The average molecular weight is 417 g/mol. The second-order valence-electron chi connectivity index (χ2n) is 7.35. The number of unbranched alkanes of at least 4 members (excludes halogenated alkanes) is 1. The number of rotatable bonds is 7. The fourth-order valence-electron chi connectivity index (χ4n) is 3.60. The first kappa shape index (κ1) is 20.5. The van der Waals surface area contributed by atoms with Crippen molar-refractivity contribution in [2.24, 2.45) is 0 Å². The van der Waals surface area contributed by atoms with Gasteiger partial charge in [-0.15, -0.1) is 10.2 Å². The second kappa shape index (κ2) is 8.51. The lowest BCUT2D eigenvalue weighted by Crippen LogP contribution is -2.30. The summed E-state index contributed by atoms with van der Waals surface area (Å²) in [5.41, 5.74) is 2.37. The molecule has 0 bridgehead atoms. The highest BCUT2D eigenvalue weighted by molar-refractivity contribution is 6.22. The molecule has 3 amide bonds. The van der Waals surface area contributed by atoms with E-state index in [-0.39, 0.29) is 23.3 Å². The third kappa shape index (κ3) is 3.84. The van der Waals surface area contributed by atoms with E-state index >= 15 is 0 Å². The SMILES string of the molecule is CCCCN1C(=O)c2ccc(C(=O)Nc3cccc(-c4nncn4CC)c3)cc2C1=O. The van der Waals surface area contributed by atoms with E-state index in [2.05, 4.69) is 15.5 Å². The van der Waals surface area contributed by atoms with Crippen LogP contribution in [0, 0.1) is 0 Å². The summed E-state index contributed by atoms with van der Waals surface area (Å²) in [6, 6.07) is 11.9. The van der Waals surface area contributed by atoms with Gasteiger partial charge in [-0.2, -0.15) is 0 Å². The number of hydrogen-bond acceptors (Lipinski definition) is 5. The quantitative estimate of drug-likeness (QED) is 0.592. The largest absolute Gasteiger partial charge is 0.322 e. The van der Waals surface area contributed by atoms with Crippen molar-refractivity contribution in [3.05, 3.63) is 65.5 Å². The molecule has 1 aliphatic heterocycles. The lowest BCUT2D eigenvalue weighted by molar-refractivity contribution is 0.0652. The maximum absolute atomic E-state index is 12.8. The molecule has 1 N–H and O–H groups in total. The van der Waals surface area contributed by atoms with E-state index in [0.717, 1.165) is 24.9 Å². The van der Waals surface area contributed by atoms with Gasteiger partial charge in [-0.25, -0.2) is 0 Å². The molecule has 4 rings (SSSR count). The third-order valence-corrected chi connectivity index (χ3v) is 5.30. The van der Waals surface area contributed by atoms with Gasteiger partial charge in [0.05, 0.1) is 11.1 Å². The van der Waals surface area contributed by atoms with E-state index in [1.165, 1.54) is 11.0 Å². The molecule has 1 aromatic heterocycles. The standard InChI is InChI=1S/C23H23N5O3/c1-3-5-11-28-22(30)18-10-9-16(13-19(18)23(28)31)21(29)25-17-8-6-7-15(12-17)20-26-24-14-27(20)4-2/h6-10,12-14H,3-5,11H2,1-2H3,(H,25,29). The minimum absolute atomic E-state index is 0.276. The topological polar surface area (TPSA) is 97.2 Å². The van der Waals surface area contributed by atoms with Crippen molar-refractivity contribution in [1.82, 2.24) is 19.7 Å². The van der Waals surface area contributed by atoms with Crippen molar-refractivity contribution in [3.63, 3.8) is 0 Å². The van der Waals surface area contributed by atoms with Crippen molar-refractivity contribution in [1.29, 1.82) is 0 Å². The van der Waals surface area contributed by atoms with Gasteiger partial charge in [-0.1, -0.05) is 25.5 Å². The highest BCUT2D eigenvalue weighted by Gasteiger charge is 2.35. The van der Waals surface area contributed by atoms with Crippen molar-refractivity contribution in [2.45, 2.75) is 33.2 Å². The van der Waals surface area contributed by atoms with E-state index in [9.17, 15) is 14.4 Å². The number of aryl methyl sites for hydroxylation is 1. The van der Waals surface area contributed by atoms with Crippen molar-refractivity contribution >= 4 is 23.4 Å². The first-order valence-corrected chi connectivity index (χ1v) is 10.3. The Hall–Kier alpha value is -3.81. The number of nitrogens with one attached hydrogen (secondary N) is 1. The summed E-state index contributed by atoms with van der Waals surface area (Å²) in [5.74, 6) is -0.284. The number of hydrogen-bond donors (Lipinski definition) is 1. The van der Waals surface area contributed by atoms with Crippen LogP contribution in [0.4, 0.5) is 5.69 Å². The van der Waals surface area contributed by atoms with Gasteiger partial charge in [0.2, 0.25) is 0 Å². The fraction of sp³-hybridized carbons (Fsp3) is 0.261. The Morgan fingerprint density at radius 1 is 1.03 bits per heavy atom. The lowest BCUT2D eigenvalue weighted by atomic mass is 10.1. The molecule has 0 atom stereocenters. The highest BCUT2D eigenvalue weighted by atomic mass is 16.2. The Morgan fingerprint density at radius 2 is 1.84 bits per heavy atom. The van der Waals surface area contributed by atoms with E-state index in [1.54, 1.807) is 24.5 Å². The van der Waals surface area contributed by atoms with E-state index in [4.69, 9.17) is 0 Å². The van der Waals surface area contributed by atoms with E-state index in [0.29, 0.717) is 29.2 Å². The zero-order chi connectivity index (χ0) is 22.0. The zero-order valence-electron chi connectivity index (χ0n) is 17.5. The summed E-state index contributed by atoms with van der Waals surface area (Å²) in [6.45, 7) is 5.12. The van der Waals surface area contributed by atoms with Crippen LogP contribution < -0.4 is 5.32 Å². The van der Waals surface area contributed by atoms with Gasteiger partial charge in [0, 0.05) is 29.9 Å². The Kier molecular flexibility index (Phi) is 5.62. The molecule has 0 saturated carbocycles. The van der Waals surface area contributed by atoms with E-state index < -0.39 is 0 Å². The summed E-state index contributed by atoms with van der Waals surface area (Å²) >= 11 is 0. The van der Waals surface area contributed by atoms with Crippen molar-refractivity contribution < 1.29 is 14.4 Å². The minimum Gasteiger partial charge on any atom is -0.322 e. The van der Waals surface area contributed by atoms with Gasteiger partial charge in [0.25, 0.3) is 17.7 Å². The molecule has 8 nitrogen and oxygen atoms in total. The Bertz CT molecular complexity index is 1170. The Balaban J connectivity index is 1.55. The monoisotopic (exact) mass is 417 g/mol. The van der Waals surface area contributed by atoms with Gasteiger partial charge in [0.1, 0.15) is 6.33 Å². The van der Waals surface area contributed by atoms with Crippen LogP contribution in [-0.2, 0) is 6.54 Å². The number of carbonyl (C=O) groups is 3. The molecule has 3 aromatic rings. The number of fused-ring (bicyclic) bond motifs is 1. The summed E-state index contributed by atoms with van der Waals surface area (Å²) in [7, 11) is 0. The summed E-state index contributed by atoms with van der Waals surface area (Å²) in [5, 5.41) is 10.9. The van der Waals surface area contributed by atoms with Crippen LogP contribution in [0.15, 0.2) is 48.8 Å². The predicted octanol–water partition coefficient (Wildman–Crippen LogP) is 3.61. The molecule has 1 aliphatic rings. The van der Waals surface area contributed by atoms with Gasteiger partial charge in [0.15, 0.2) is 5.82 Å². The van der Waals surface area contributed by atoms with Gasteiger partial charge in [-0.05, 0) is 43.7 Å². The van der Waals surface area contributed by atoms with Crippen molar-refractivity contribution in [3.8, 4) is 11.4 Å². The normalized spacial score (nSPS) is 12.9. The maximum Gasteiger partial charge on any atom is 0.261 e. The summed E-state index contributed by atoms with van der Waals surface area (Å²) in [4.78, 5) is 39.2. The molecule has 158 valence electrons. The van der Waals surface area contributed by atoms with Crippen LogP contribution in [0.1, 0.15) is 57.8 Å². The average Bonchev–Trinajstić information content (AvgIpc) is 3.35. The molecular weight excluding hydrogens is 394 g/mol. The lowest BCUT2D eigenvalue weighted by Gasteiger charge is -2.12. The molecular formula is C23H23N5O3. The summed E-state index contributed by atoms with van der Waals surface area (Å²) in [6.07, 6.45) is 3.29. The molecule has 0 spiro atoms. The summed E-state index contributed by atoms with van der Waals surface area (Å²) < 4.78 is 1.91. The Morgan fingerprint density at radius 3 is 2.61 bits per heavy atom. The number of anilines is 1. The molecule has 0 unspecified atom stereocenters. The van der Waals surface area contributed by atoms with Crippen LogP contribution in [0.2, 0.25) is 0 Å². The number of amides is 3. The highest BCUT2D eigenvalue weighted by Crippen LogP contribution is 2.25. The van der Waals surface area contributed by atoms with Crippen LogP contribution in [0.5, 0.6) is 0 Å². The number of imide groups is 1. The number of aromatic nitrogens is 3. The predicted molar refractivity (Wildman–Crippen MR) is 116 cm³/mol. The van der Waals surface area contributed by atoms with Gasteiger partial charge >= 0.3 is 0 Å². The first-order valence-electron chi connectivity index (χ1n) is 10.3. The molecule has 0 aliphatic carbocycles. The molecule has 2 aromatic carbocycles. The first-order chi connectivity index (χ1) is 15.0. The van der Waals surface area contributed by atoms with Gasteiger partial charge in [-0.3, -0.25) is 19.3 Å². The molecule has 2 heterocycles. The zero-order valence-corrected chi connectivity index (χ0v) is 17.5. The fourth-order valence-corrected chi connectivity index (χ4v) is 3.60. The van der Waals surface area contributed by atoms with Crippen molar-refractivity contribution in [2.75, 3.05) is 11.9 Å². The molecule has 0 saturated heterocycles. The second-order valence-corrected chi connectivity index (χ2v) is 7.35. The molecule has 31 heavy (non-hydrogen) atoms. The smallest absolute Gasteiger partial charge is 0.261 e.